The summed E-state index contributed by atoms with van der Waals surface area (Å²) in [6.07, 6.45) is 0. The topological polar surface area (TPSA) is 95.6 Å². The van der Waals surface area contributed by atoms with Crippen LogP contribution in [0.2, 0.25) is 0 Å². The molecule has 0 fully saturated rings. The fourth-order valence-corrected chi connectivity index (χ4v) is 2.78. The van der Waals surface area contributed by atoms with Crippen LogP contribution in [0.15, 0.2) is 45.3 Å². The number of nitrogens with zero attached hydrogens (tertiary/aromatic N) is 3. The number of nitrogens with two attached hydrogens (primary N) is 1. The van der Waals surface area contributed by atoms with Gasteiger partial charge in [-0.25, -0.2) is 4.79 Å². The maximum Gasteiger partial charge on any atom is 0.400 e. The molecule has 0 aliphatic carbocycles. The molecule has 3 aromatic rings. The molecule has 8 heteroatoms. The zero-order chi connectivity index (χ0) is 17.1. The van der Waals surface area contributed by atoms with Crippen LogP contribution in [0.3, 0.4) is 0 Å². The molecule has 0 saturated heterocycles. The first kappa shape index (κ1) is 16.0. The molecule has 0 saturated carbocycles. The molecule has 0 bridgehead atoms. The quantitative estimate of drug-likeness (QED) is 0.332. The van der Waals surface area contributed by atoms with Crippen LogP contribution in [0.25, 0.3) is 0 Å². The van der Waals surface area contributed by atoms with Gasteiger partial charge in [-0.05, 0) is 43.5 Å². The Hall–Kier alpha value is -2.87. The summed E-state index contributed by atoms with van der Waals surface area (Å²) in [5.74, 6) is 0.111. The Kier molecular flexibility index (Phi) is 4.48. The van der Waals surface area contributed by atoms with Crippen LogP contribution >= 0.6 is 11.3 Å². The molecule has 3 heterocycles. The van der Waals surface area contributed by atoms with E-state index >= 15 is 0 Å². The number of aromatic nitrogens is 2. The summed E-state index contributed by atoms with van der Waals surface area (Å²) in [5.41, 5.74) is 7.68. The van der Waals surface area contributed by atoms with Gasteiger partial charge in [0.05, 0.1) is 17.1 Å². The van der Waals surface area contributed by atoms with E-state index in [4.69, 9.17) is 15.0 Å². The van der Waals surface area contributed by atoms with Crippen molar-refractivity contribution in [3.05, 3.63) is 63.5 Å². The lowest BCUT2D eigenvalue weighted by Gasteiger charge is -2.01. The molecular formula is C16H16N4O3S. The SMILES string of the molecule is Cc1cc(C)n(Cc2ccc(C(=O)O/N=C(\N)c3cccs3)o2)n1. The highest BCUT2D eigenvalue weighted by atomic mass is 32.1. The zero-order valence-electron chi connectivity index (χ0n) is 13.2. The fraction of sp³-hybridized carbons (Fsp3) is 0.188. The first-order valence-electron chi connectivity index (χ1n) is 7.21. The highest BCUT2D eigenvalue weighted by Gasteiger charge is 2.14. The molecule has 0 atom stereocenters. The molecule has 2 N–H and O–H groups in total. The minimum Gasteiger partial charge on any atom is -0.452 e. The van der Waals surface area contributed by atoms with E-state index in [1.165, 1.54) is 11.3 Å². The summed E-state index contributed by atoms with van der Waals surface area (Å²) in [4.78, 5) is 17.5. The summed E-state index contributed by atoms with van der Waals surface area (Å²) in [5, 5.41) is 9.84. The number of oxime groups is 1. The van der Waals surface area contributed by atoms with Gasteiger partial charge < -0.3 is 15.0 Å². The maximum atomic E-state index is 12.0. The van der Waals surface area contributed by atoms with Crippen LogP contribution < -0.4 is 5.73 Å². The number of amidine groups is 1. The molecule has 3 rings (SSSR count). The Morgan fingerprint density at radius 1 is 1.42 bits per heavy atom. The number of rotatable bonds is 5. The molecule has 0 radical (unpaired) electrons. The van der Waals surface area contributed by atoms with Crippen LogP contribution in [0.1, 0.15) is 32.6 Å². The first-order valence-corrected chi connectivity index (χ1v) is 8.09. The van der Waals surface area contributed by atoms with Crippen molar-refractivity contribution in [2.24, 2.45) is 10.9 Å². The highest BCUT2D eigenvalue weighted by molar-refractivity contribution is 7.12. The average Bonchev–Trinajstić information content (AvgIpc) is 3.27. The minimum absolute atomic E-state index is 0.0641. The molecule has 0 aromatic carbocycles. The van der Waals surface area contributed by atoms with E-state index in [1.54, 1.807) is 22.9 Å². The van der Waals surface area contributed by atoms with Crippen LogP contribution in [-0.2, 0) is 11.4 Å². The normalized spacial score (nSPS) is 11.7. The number of hydrogen-bond acceptors (Lipinski definition) is 6. The standard InChI is InChI=1S/C16H16N4O3S/c1-10-8-11(2)20(18-10)9-12-5-6-13(22-12)16(21)23-19-15(17)14-4-3-7-24-14/h3-8H,9H2,1-2H3,(H2,17,19). The van der Waals surface area contributed by atoms with Gasteiger partial charge in [0, 0.05) is 5.69 Å². The second-order valence-electron chi connectivity index (χ2n) is 5.18. The first-order chi connectivity index (χ1) is 11.5. The molecule has 0 aliphatic heterocycles. The predicted molar refractivity (Wildman–Crippen MR) is 90.0 cm³/mol. The van der Waals surface area contributed by atoms with Gasteiger partial charge in [0.1, 0.15) is 5.76 Å². The van der Waals surface area contributed by atoms with Crippen LogP contribution in [0.5, 0.6) is 0 Å². The monoisotopic (exact) mass is 344 g/mol. The van der Waals surface area contributed by atoms with Crippen LogP contribution in [0, 0.1) is 13.8 Å². The minimum atomic E-state index is -0.700. The summed E-state index contributed by atoms with van der Waals surface area (Å²) in [6.45, 7) is 4.32. The van der Waals surface area contributed by atoms with E-state index in [9.17, 15) is 4.79 Å². The molecule has 0 unspecified atom stereocenters. The van der Waals surface area contributed by atoms with Crippen molar-refractivity contribution >= 4 is 23.1 Å². The lowest BCUT2D eigenvalue weighted by molar-refractivity contribution is 0.0477. The van der Waals surface area contributed by atoms with E-state index in [0.717, 1.165) is 16.3 Å². The molecule has 124 valence electrons. The third-order valence-electron chi connectivity index (χ3n) is 3.27. The van der Waals surface area contributed by atoms with Crippen molar-refractivity contribution in [1.82, 2.24) is 9.78 Å². The van der Waals surface area contributed by atoms with Gasteiger partial charge in [0.2, 0.25) is 5.76 Å². The highest BCUT2D eigenvalue weighted by Crippen LogP contribution is 2.13. The number of thiophene rings is 1. The van der Waals surface area contributed by atoms with Gasteiger partial charge in [-0.2, -0.15) is 5.10 Å². The molecule has 0 aliphatic rings. The van der Waals surface area contributed by atoms with E-state index in [2.05, 4.69) is 10.3 Å². The van der Waals surface area contributed by atoms with Crippen molar-refractivity contribution in [1.29, 1.82) is 0 Å². The smallest absolute Gasteiger partial charge is 0.400 e. The summed E-state index contributed by atoms with van der Waals surface area (Å²) in [7, 11) is 0. The fourth-order valence-electron chi connectivity index (χ4n) is 2.16. The van der Waals surface area contributed by atoms with Crippen molar-refractivity contribution in [3.63, 3.8) is 0 Å². The van der Waals surface area contributed by atoms with Crippen molar-refractivity contribution in [2.75, 3.05) is 0 Å². The Balaban J connectivity index is 1.65. The predicted octanol–water partition coefficient (Wildman–Crippen LogP) is 2.68. The lowest BCUT2D eigenvalue weighted by Crippen LogP contribution is -2.13. The Morgan fingerprint density at radius 2 is 2.25 bits per heavy atom. The van der Waals surface area contributed by atoms with Gasteiger partial charge in [-0.1, -0.05) is 11.2 Å². The van der Waals surface area contributed by atoms with Gasteiger partial charge in [0.15, 0.2) is 5.84 Å². The summed E-state index contributed by atoms with van der Waals surface area (Å²) in [6, 6.07) is 8.85. The second kappa shape index (κ2) is 6.71. The zero-order valence-corrected chi connectivity index (χ0v) is 14.0. The number of carbonyl (C=O) groups excluding carboxylic acids is 1. The molecular weight excluding hydrogens is 328 g/mol. The van der Waals surface area contributed by atoms with Crippen molar-refractivity contribution in [2.45, 2.75) is 20.4 Å². The van der Waals surface area contributed by atoms with Gasteiger partial charge in [-0.15, -0.1) is 11.3 Å². The Bertz CT molecular complexity index is 877. The third kappa shape index (κ3) is 3.54. The molecule has 7 nitrogen and oxygen atoms in total. The number of aryl methyl sites for hydroxylation is 2. The van der Waals surface area contributed by atoms with E-state index in [1.807, 2.05) is 31.4 Å². The number of furan rings is 1. The van der Waals surface area contributed by atoms with Crippen molar-refractivity contribution < 1.29 is 14.0 Å². The van der Waals surface area contributed by atoms with E-state index in [-0.39, 0.29) is 11.6 Å². The van der Waals surface area contributed by atoms with Crippen molar-refractivity contribution in [3.8, 4) is 0 Å². The van der Waals surface area contributed by atoms with E-state index in [0.29, 0.717) is 12.3 Å². The van der Waals surface area contributed by atoms with Crippen LogP contribution in [-0.4, -0.2) is 21.6 Å². The summed E-state index contributed by atoms with van der Waals surface area (Å²) < 4.78 is 7.30. The Labute approximate surface area is 142 Å². The Morgan fingerprint density at radius 3 is 2.92 bits per heavy atom. The summed E-state index contributed by atoms with van der Waals surface area (Å²) >= 11 is 1.41. The number of hydrogen-bond donors (Lipinski definition) is 1. The van der Waals surface area contributed by atoms with Gasteiger partial charge in [0.25, 0.3) is 0 Å². The molecule has 3 aromatic heterocycles. The van der Waals surface area contributed by atoms with Crippen LogP contribution in [0.4, 0.5) is 0 Å². The largest absolute Gasteiger partial charge is 0.452 e. The average molecular weight is 344 g/mol. The lowest BCUT2D eigenvalue weighted by atomic mass is 10.4. The molecule has 24 heavy (non-hydrogen) atoms. The maximum absolute atomic E-state index is 12.0. The molecule has 0 spiro atoms. The van der Waals surface area contributed by atoms with Gasteiger partial charge >= 0.3 is 5.97 Å². The third-order valence-corrected chi connectivity index (χ3v) is 4.16. The second-order valence-corrected chi connectivity index (χ2v) is 6.13. The molecule has 0 amide bonds. The van der Waals surface area contributed by atoms with Gasteiger partial charge in [-0.3, -0.25) is 4.68 Å². The number of carbonyl (C=O) groups is 1. The van der Waals surface area contributed by atoms with E-state index < -0.39 is 5.97 Å².